The molecule has 1 aromatic heterocycles. The number of anilines is 1. The molecule has 0 spiro atoms. The van der Waals surface area contributed by atoms with Gasteiger partial charge in [-0.25, -0.2) is 4.98 Å². The van der Waals surface area contributed by atoms with Gasteiger partial charge in [-0.05, 0) is 37.5 Å². The first kappa shape index (κ1) is 11.8. The molecule has 2 heterocycles. The summed E-state index contributed by atoms with van der Waals surface area (Å²) in [5.41, 5.74) is 8.32. The molecule has 4 nitrogen and oxygen atoms in total. The van der Waals surface area contributed by atoms with E-state index in [1.54, 1.807) is 0 Å². The molecule has 20 heavy (non-hydrogen) atoms. The average molecular weight is 269 g/mol. The molecule has 1 fully saturated rings. The SMILES string of the molecule is Nc1nc2ccccc2n1C1CCOC2=CCCCC21. The standard InChI is InChI=1S/C16H19N3O/c17-16-18-12-6-2-3-7-14(12)19(16)13-9-10-20-15-8-4-1-5-11(13)15/h2-3,6-8,11,13H,1,4-5,9-10H2,(H2,17,18). The summed E-state index contributed by atoms with van der Waals surface area (Å²) in [7, 11) is 0. The van der Waals surface area contributed by atoms with Crippen molar-refractivity contribution in [2.24, 2.45) is 5.92 Å². The molecule has 2 atom stereocenters. The quantitative estimate of drug-likeness (QED) is 0.864. The molecule has 104 valence electrons. The van der Waals surface area contributed by atoms with E-state index in [0.717, 1.165) is 30.5 Å². The first-order valence-corrected chi connectivity index (χ1v) is 7.40. The van der Waals surface area contributed by atoms with E-state index in [1.807, 2.05) is 12.1 Å². The molecule has 1 aliphatic heterocycles. The summed E-state index contributed by atoms with van der Waals surface area (Å²) in [5.74, 6) is 2.25. The van der Waals surface area contributed by atoms with Crippen molar-refractivity contribution in [2.75, 3.05) is 12.3 Å². The minimum atomic E-state index is 0.377. The summed E-state index contributed by atoms with van der Waals surface area (Å²) in [4.78, 5) is 4.51. The summed E-state index contributed by atoms with van der Waals surface area (Å²) in [5, 5.41) is 0. The van der Waals surface area contributed by atoms with Gasteiger partial charge in [0, 0.05) is 12.3 Å². The van der Waals surface area contributed by atoms with E-state index >= 15 is 0 Å². The Balaban J connectivity index is 1.83. The molecule has 0 saturated carbocycles. The molecule has 0 amide bonds. The lowest BCUT2D eigenvalue weighted by atomic mass is 9.84. The van der Waals surface area contributed by atoms with Crippen molar-refractivity contribution in [3.05, 3.63) is 36.1 Å². The third-order valence-corrected chi connectivity index (χ3v) is 4.53. The van der Waals surface area contributed by atoms with Crippen LogP contribution in [0.15, 0.2) is 36.1 Å². The fourth-order valence-electron chi connectivity index (χ4n) is 3.64. The van der Waals surface area contributed by atoms with Crippen LogP contribution >= 0.6 is 0 Å². The van der Waals surface area contributed by atoms with Crippen LogP contribution in [0, 0.1) is 5.92 Å². The number of nitrogens with two attached hydrogens (primary N) is 1. The van der Waals surface area contributed by atoms with Crippen molar-refractivity contribution >= 4 is 17.0 Å². The van der Waals surface area contributed by atoms with Crippen LogP contribution in [-0.2, 0) is 4.74 Å². The van der Waals surface area contributed by atoms with Crippen LogP contribution in [0.4, 0.5) is 5.95 Å². The minimum Gasteiger partial charge on any atom is -0.498 e. The van der Waals surface area contributed by atoms with Gasteiger partial charge in [0.2, 0.25) is 5.95 Å². The van der Waals surface area contributed by atoms with E-state index in [1.165, 1.54) is 18.6 Å². The smallest absolute Gasteiger partial charge is 0.201 e. The first-order valence-electron chi connectivity index (χ1n) is 7.40. The molecule has 2 aliphatic rings. The highest BCUT2D eigenvalue weighted by Gasteiger charge is 2.34. The van der Waals surface area contributed by atoms with Gasteiger partial charge < -0.3 is 15.0 Å². The maximum atomic E-state index is 6.20. The van der Waals surface area contributed by atoms with Crippen LogP contribution in [0.5, 0.6) is 0 Å². The van der Waals surface area contributed by atoms with E-state index in [2.05, 4.69) is 27.8 Å². The summed E-state index contributed by atoms with van der Waals surface area (Å²) in [6.45, 7) is 0.777. The molecule has 1 aliphatic carbocycles. The van der Waals surface area contributed by atoms with Gasteiger partial charge in [0.1, 0.15) is 0 Å². The normalized spacial score (nSPS) is 25.9. The van der Waals surface area contributed by atoms with Gasteiger partial charge >= 0.3 is 0 Å². The second-order valence-electron chi connectivity index (χ2n) is 5.68. The van der Waals surface area contributed by atoms with Crippen molar-refractivity contribution in [3.8, 4) is 0 Å². The van der Waals surface area contributed by atoms with Gasteiger partial charge in [-0.1, -0.05) is 12.1 Å². The van der Waals surface area contributed by atoms with Gasteiger partial charge in [-0.15, -0.1) is 0 Å². The van der Waals surface area contributed by atoms with E-state index < -0.39 is 0 Å². The predicted molar refractivity (Wildman–Crippen MR) is 79.2 cm³/mol. The minimum absolute atomic E-state index is 0.377. The maximum Gasteiger partial charge on any atom is 0.201 e. The number of benzene rings is 1. The van der Waals surface area contributed by atoms with Gasteiger partial charge in [-0.3, -0.25) is 0 Å². The zero-order chi connectivity index (χ0) is 13.5. The molecule has 2 N–H and O–H groups in total. The monoisotopic (exact) mass is 269 g/mol. The molecular weight excluding hydrogens is 250 g/mol. The molecule has 4 rings (SSSR count). The summed E-state index contributed by atoms with van der Waals surface area (Å²) in [6, 6.07) is 8.58. The van der Waals surface area contributed by atoms with Crippen LogP contribution in [0.2, 0.25) is 0 Å². The van der Waals surface area contributed by atoms with Crippen molar-refractivity contribution < 1.29 is 4.74 Å². The Kier molecular flexibility index (Phi) is 2.69. The first-order chi connectivity index (χ1) is 9.84. The molecule has 1 aromatic carbocycles. The highest BCUT2D eigenvalue weighted by molar-refractivity contribution is 5.78. The largest absolute Gasteiger partial charge is 0.498 e. The van der Waals surface area contributed by atoms with Crippen molar-refractivity contribution in [3.63, 3.8) is 0 Å². The molecule has 1 saturated heterocycles. The summed E-state index contributed by atoms with van der Waals surface area (Å²) >= 11 is 0. The van der Waals surface area contributed by atoms with Crippen LogP contribution in [0.3, 0.4) is 0 Å². The number of rotatable bonds is 1. The lowest BCUT2D eigenvalue weighted by Crippen LogP contribution is -2.30. The number of hydrogen-bond donors (Lipinski definition) is 1. The highest BCUT2D eigenvalue weighted by atomic mass is 16.5. The van der Waals surface area contributed by atoms with Crippen molar-refractivity contribution in [1.82, 2.24) is 9.55 Å². The van der Waals surface area contributed by atoms with E-state index in [0.29, 0.717) is 17.9 Å². The van der Waals surface area contributed by atoms with Crippen molar-refractivity contribution in [2.45, 2.75) is 31.7 Å². The maximum absolute atomic E-state index is 6.20. The summed E-state index contributed by atoms with van der Waals surface area (Å²) < 4.78 is 8.07. The number of para-hydroxylation sites is 2. The molecule has 4 heteroatoms. The fraction of sp³-hybridized carbons (Fsp3) is 0.438. The number of hydrogen-bond acceptors (Lipinski definition) is 3. The molecule has 0 radical (unpaired) electrons. The number of fused-ring (bicyclic) bond motifs is 2. The number of nitrogens with zero attached hydrogens (tertiary/aromatic N) is 2. The number of nitrogen functional groups attached to an aromatic ring is 1. The summed E-state index contributed by atoms with van der Waals surface area (Å²) in [6.07, 6.45) is 6.82. The molecule has 0 bridgehead atoms. The number of imidazole rings is 1. The fourth-order valence-corrected chi connectivity index (χ4v) is 3.64. The lowest BCUT2D eigenvalue weighted by Gasteiger charge is -2.37. The Morgan fingerprint density at radius 2 is 2.15 bits per heavy atom. The zero-order valence-electron chi connectivity index (χ0n) is 11.5. The van der Waals surface area contributed by atoms with Gasteiger partial charge in [-0.2, -0.15) is 0 Å². The third kappa shape index (κ3) is 1.71. The zero-order valence-corrected chi connectivity index (χ0v) is 11.5. The van der Waals surface area contributed by atoms with Gasteiger partial charge in [0.15, 0.2) is 0 Å². The Hall–Kier alpha value is -1.97. The van der Waals surface area contributed by atoms with Crippen molar-refractivity contribution in [1.29, 1.82) is 0 Å². The van der Waals surface area contributed by atoms with Crippen LogP contribution in [0.25, 0.3) is 11.0 Å². The second-order valence-corrected chi connectivity index (χ2v) is 5.68. The Morgan fingerprint density at radius 3 is 3.10 bits per heavy atom. The van der Waals surface area contributed by atoms with E-state index in [4.69, 9.17) is 10.5 Å². The lowest BCUT2D eigenvalue weighted by molar-refractivity contribution is 0.0787. The predicted octanol–water partition coefficient (Wildman–Crippen LogP) is 3.26. The van der Waals surface area contributed by atoms with E-state index in [9.17, 15) is 0 Å². The number of aromatic nitrogens is 2. The number of ether oxygens (including phenoxy) is 1. The Morgan fingerprint density at radius 1 is 1.25 bits per heavy atom. The highest BCUT2D eigenvalue weighted by Crippen LogP contribution is 2.42. The van der Waals surface area contributed by atoms with Gasteiger partial charge in [0.25, 0.3) is 0 Å². The topological polar surface area (TPSA) is 53.1 Å². The molecule has 2 unspecified atom stereocenters. The third-order valence-electron chi connectivity index (χ3n) is 4.53. The van der Waals surface area contributed by atoms with E-state index in [-0.39, 0.29) is 0 Å². The number of allylic oxidation sites excluding steroid dienone is 2. The van der Waals surface area contributed by atoms with Crippen LogP contribution in [0.1, 0.15) is 31.7 Å². The average Bonchev–Trinajstić information content (AvgIpc) is 2.82. The Bertz CT molecular complexity index is 673. The van der Waals surface area contributed by atoms with Gasteiger partial charge in [0.05, 0.1) is 29.4 Å². The molecule has 2 aromatic rings. The second kappa shape index (κ2) is 4.54. The Labute approximate surface area is 118 Å². The molecular formula is C16H19N3O. The van der Waals surface area contributed by atoms with Crippen LogP contribution < -0.4 is 5.73 Å². The van der Waals surface area contributed by atoms with Crippen LogP contribution in [-0.4, -0.2) is 16.2 Å².